The van der Waals surface area contributed by atoms with Crippen molar-refractivity contribution in [3.05, 3.63) is 12.4 Å². The maximum absolute atomic E-state index is 12.7. The van der Waals surface area contributed by atoms with Crippen LogP contribution in [0, 0.1) is 17.8 Å². The van der Waals surface area contributed by atoms with E-state index < -0.39 is 10.0 Å². The zero-order valence-corrected chi connectivity index (χ0v) is 15.9. The molecule has 2 bridgehead atoms. The van der Waals surface area contributed by atoms with Gasteiger partial charge in [0.15, 0.2) is 0 Å². The van der Waals surface area contributed by atoms with E-state index >= 15 is 0 Å². The molecule has 4 unspecified atom stereocenters. The van der Waals surface area contributed by atoms with Crippen LogP contribution in [0.15, 0.2) is 17.3 Å². The number of aromatic nitrogens is 2. The number of carbonyl (C=O) groups excluding carboxylic acids is 1. The summed E-state index contributed by atoms with van der Waals surface area (Å²) in [6.45, 7) is 0.815. The van der Waals surface area contributed by atoms with Gasteiger partial charge < -0.3 is 11.1 Å². The Balaban J connectivity index is 1.33. The van der Waals surface area contributed by atoms with Crippen LogP contribution in [-0.2, 0) is 21.9 Å². The van der Waals surface area contributed by atoms with Crippen molar-refractivity contribution in [1.29, 1.82) is 0 Å². The van der Waals surface area contributed by atoms with Gasteiger partial charge in [-0.1, -0.05) is 0 Å². The van der Waals surface area contributed by atoms with Crippen LogP contribution in [0.1, 0.15) is 32.1 Å². The Kier molecular flexibility index (Phi) is 4.56. The number of carbonyl (C=O) groups is 1. The first kappa shape index (κ1) is 17.9. The summed E-state index contributed by atoms with van der Waals surface area (Å²) >= 11 is 0. The fourth-order valence-corrected chi connectivity index (χ4v) is 6.40. The van der Waals surface area contributed by atoms with Gasteiger partial charge in [0.05, 0.1) is 12.1 Å². The second-order valence-corrected chi connectivity index (χ2v) is 9.91. The van der Waals surface area contributed by atoms with Crippen LogP contribution in [0.3, 0.4) is 0 Å². The number of rotatable bonds is 4. The molecule has 9 heteroatoms. The van der Waals surface area contributed by atoms with Crippen molar-refractivity contribution in [3.8, 4) is 0 Å². The van der Waals surface area contributed by atoms with Gasteiger partial charge in [-0.15, -0.1) is 0 Å². The van der Waals surface area contributed by atoms with E-state index in [1.807, 2.05) is 0 Å². The predicted octanol–water partition coefficient (Wildman–Crippen LogP) is 0.0628. The first-order valence-corrected chi connectivity index (χ1v) is 10.8. The maximum atomic E-state index is 12.7. The van der Waals surface area contributed by atoms with Crippen molar-refractivity contribution in [3.63, 3.8) is 0 Å². The molecule has 0 aromatic carbocycles. The molecule has 4 atom stereocenters. The molecule has 2 saturated carbocycles. The lowest BCUT2D eigenvalue weighted by molar-refractivity contribution is -0.128. The predicted molar refractivity (Wildman–Crippen MR) is 95.4 cm³/mol. The maximum Gasteiger partial charge on any atom is 0.246 e. The highest BCUT2D eigenvalue weighted by atomic mass is 32.2. The summed E-state index contributed by atoms with van der Waals surface area (Å²) in [6, 6.07) is 0.00831. The molecule has 144 valence electrons. The van der Waals surface area contributed by atoms with Gasteiger partial charge in [0.25, 0.3) is 0 Å². The molecule has 2 heterocycles. The highest BCUT2D eigenvalue weighted by Crippen LogP contribution is 2.47. The molecular formula is C17H27N5O3S. The van der Waals surface area contributed by atoms with Gasteiger partial charge in [-0.05, 0) is 43.9 Å². The Morgan fingerprint density at radius 1 is 1.23 bits per heavy atom. The quantitative estimate of drug-likeness (QED) is 0.766. The van der Waals surface area contributed by atoms with Crippen LogP contribution in [0.25, 0.3) is 0 Å². The Hall–Kier alpha value is -1.45. The minimum absolute atomic E-state index is 0.0141. The summed E-state index contributed by atoms with van der Waals surface area (Å²) in [4.78, 5) is 12.9. The minimum atomic E-state index is -3.51. The van der Waals surface area contributed by atoms with Crippen molar-refractivity contribution < 1.29 is 13.2 Å². The fourth-order valence-electron chi connectivity index (χ4n) is 4.94. The highest BCUT2D eigenvalue weighted by molar-refractivity contribution is 7.89. The van der Waals surface area contributed by atoms with Gasteiger partial charge in [-0.25, -0.2) is 8.42 Å². The zero-order valence-electron chi connectivity index (χ0n) is 15.0. The Morgan fingerprint density at radius 3 is 2.50 bits per heavy atom. The zero-order chi connectivity index (χ0) is 18.5. The number of nitrogens with one attached hydrogen (secondary N) is 1. The van der Waals surface area contributed by atoms with Crippen LogP contribution in [-0.4, -0.2) is 53.6 Å². The number of piperidine rings is 1. The first-order valence-electron chi connectivity index (χ1n) is 9.41. The van der Waals surface area contributed by atoms with Crippen LogP contribution >= 0.6 is 0 Å². The average molecular weight is 382 g/mol. The summed E-state index contributed by atoms with van der Waals surface area (Å²) in [5.74, 6) is 0.937. The molecule has 2 aliphatic carbocycles. The van der Waals surface area contributed by atoms with E-state index in [1.54, 1.807) is 7.05 Å². The molecule has 8 nitrogen and oxygen atoms in total. The van der Waals surface area contributed by atoms with E-state index in [4.69, 9.17) is 5.73 Å². The van der Waals surface area contributed by atoms with E-state index in [-0.39, 0.29) is 28.8 Å². The molecule has 26 heavy (non-hydrogen) atoms. The second kappa shape index (κ2) is 6.61. The smallest absolute Gasteiger partial charge is 0.246 e. The van der Waals surface area contributed by atoms with Gasteiger partial charge >= 0.3 is 0 Å². The molecule has 1 amide bonds. The number of amides is 1. The van der Waals surface area contributed by atoms with Gasteiger partial charge in [-0.2, -0.15) is 9.40 Å². The number of hydrogen-bond donors (Lipinski definition) is 2. The molecule has 1 aliphatic heterocycles. The molecule has 4 rings (SSSR count). The monoisotopic (exact) mass is 381 g/mol. The van der Waals surface area contributed by atoms with Crippen molar-refractivity contribution in [2.24, 2.45) is 30.5 Å². The second-order valence-electron chi connectivity index (χ2n) is 7.97. The standard InChI is InChI=1S/C17H27N5O3S/c1-21-10-14(9-19-21)26(24,25)22-6-4-13(5-7-22)20-17(23)15-11-2-3-12(8-11)16(15)18/h9-13,15-16H,2-8,18H2,1H3,(H,20,23). The Bertz CT molecular complexity index is 782. The fraction of sp³-hybridized carbons (Fsp3) is 0.765. The van der Waals surface area contributed by atoms with Crippen LogP contribution < -0.4 is 11.1 Å². The lowest BCUT2D eigenvalue weighted by Gasteiger charge is -2.33. The molecule has 0 radical (unpaired) electrons. The van der Waals surface area contributed by atoms with E-state index in [0.717, 1.165) is 19.3 Å². The first-order chi connectivity index (χ1) is 12.4. The summed E-state index contributed by atoms with van der Waals surface area (Å²) in [6.07, 6.45) is 7.49. The number of hydrogen-bond acceptors (Lipinski definition) is 5. The molecule has 0 spiro atoms. The Morgan fingerprint density at radius 2 is 1.92 bits per heavy atom. The van der Waals surface area contributed by atoms with E-state index in [9.17, 15) is 13.2 Å². The molecule has 1 aromatic rings. The lowest BCUT2D eigenvalue weighted by atomic mass is 9.84. The van der Waals surface area contributed by atoms with Crippen molar-refractivity contribution in [2.75, 3.05) is 13.1 Å². The summed E-state index contributed by atoms with van der Waals surface area (Å²) in [5.41, 5.74) is 6.26. The number of nitrogens with zero attached hydrogens (tertiary/aromatic N) is 3. The van der Waals surface area contributed by atoms with Crippen molar-refractivity contribution >= 4 is 15.9 Å². The third-order valence-corrected chi connectivity index (χ3v) is 8.25. The Labute approximate surface area is 154 Å². The summed E-state index contributed by atoms with van der Waals surface area (Å²) < 4.78 is 28.2. The van der Waals surface area contributed by atoms with Gasteiger partial charge in [0.2, 0.25) is 15.9 Å². The number of fused-ring (bicyclic) bond motifs is 2. The molecule has 1 saturated heterocycles. The van der Waals surface area contributed by atoms with Crippen LogP contribution in [0.4, 0.5) is 0 Å². The normalized spacial score (nSPS) is 32.8. The van der Waals surface area contributed by atoms with Gasteiger partial charge in [-0.3, -0.25) is 9.48 Å². The van der Waals surface area contributed by atoms with Crippen molar-refractivity contribution in [1.82, 2.24) is 19.4 Å². The topological polar surface area (TPSA) is 110 Å². The largest absolute Gasteiger partial charge is 0.353 e. The summed E-state index contributed by atoms with van der Waals surface area (Å²) in [5, 5.41) is 7.08. The third kappa shape index (κ3) is 3.05. The molecular weight excluding hydrogens is 354 g/mol. The molecule has 3 aliphatic rings. The lowest BCUT2D eigenvalue weighted by Crippen LogP contribution is -2.51. The van der Waals surface area contributed by atoms with Gasteiger partial charge in [0.1, 0.15) is 4.90 Å². The number of nitrogens with two attached hydrogens (primary N) is 1. The molecule has 1 aromatic heterocycles. The van der Waals surface area contributed by atoms with E-state index in [0.29, 0.717) is 37.8 Å². The van der Waals surface area contributed by atoms with Gasteiger partial charge in [0, 0.05) is 38.4 Å². The number of aryl methyl sites for hydroxylation is 1. The van der Waals surface area contributed by atoms with E-state index in [2.05, 4.69) is 10.4 Å². The minimum Gasteiger partial charge on any atom is -0.353 e. The highest BCUT2D eigenvalue weighted by Gasteiger charge is 2.49. The average Bonchev–Trinajstić information content (AvgIpc) is 3.31. The SMILES string of the molecule is Cn1cc(S(=O)(=O)N2CCC(NC(=O)C3C4CCC(C4)C3N)CC2)cn1. The van der Waals surface area contributed by atoms with Crippen molar-refractivity contribution in [2.45, 2.75) is 49.1 Å². The number of sulfonamides is 1. The summed E-state index contributed by atoms with van der Waals surface area (Å²) in [7, 11) is -1.81. The van der Waals surface area contributed by atoms with E-state index in [1.165, 1.54) is 21.4 Å². The van der Waals surface area contributed by atoms with Crippen LogP contribution in [0.2, 0.25) is 0 Å². The molecule has 3 N–H and O–H groups in total. The third-order valence-electron chi connectivity index (χ3n) is 6.40. The molecule has 3 fully saturated rings. The van der Waals surface area contributed by atoms with Crippen LogP contribution in [0.5, 0.6) is 0 Å².